The lowest BCUT2D eigenvalue weighted by Crippen LogP contribution is -2.45. The van der Waals surface area contributed by atoms with E-state index in [1.807, 2.05) is 37.3 Å². The molecule has 0 atom stereocenters. The normalized spacial score (nSPS) is 16.3. The first-order chi connectivity index (χ1) is 13.3. The Morgan fingerprint density at radius 1 is 1.30 bits per heavy atom. The summed E-state index contributed by atoms with van der Waals surface area (Å²) in [5.74, 6) is 1.61. The SMILES string of the molecule is C=N/C(=C\C=C/C)N1CCN(CCCCOc2ccc3cn[nH]c3n2)CC1. The highest BCUT2D eigenvalue weighted by molar-refractivity contribution is 5.74. The standard InChI is InChI=1S/C20H28N6O/c1-3-4-7-18(21-2)26-13-11-25(12-14-26)10-5-6-15-27-19-9-8-17-16-22-24-20(17)23-19/h3-4,7-9,16H,2,5-6,10-15H2,1H3,(H,22,23,24)/b4-3-,18-7+. The number of H-pyrrole nitrogens is 1. The molecule has 1 aliphatic rings. The maximum absolute atomic E-state index is 5.75. The quantitative estimate of drug-likeness (QED) is 0.419. The topological polar surface area (TPSA) is 69.6 Å². The Kier molecular flexibility index (Phi) is 6.98. The van der Waals surface area contributed by atoms with E-state index in [0.717, 1.165) is 62.4 Å². The number of fused-ring (bicyclic) bond motifs is 1. The van der Waals surface area contributed by atoms with Gasteiger partial charge in [0.15, 0.2) is 5.65 Å². The van der Waals surface area contributed by atoms with Crippen molar-refractivity contribution in [2.24, 2.45) is 4.99 Å². The van der Waals surface area contributed by atoms with Crippen molar-refractivity contribution in [3.05, 3.63) is 42.4 Å². The first-order valence-corrected chi connectivity index (χ1v) is 9.50. The van der Waals surface area contributed by atoms with Crippen LogP contribution >= 0.6 is 0 Å². The number of pyridine rings is 1. The van der Waals surface area contributed by atoms with Crippen LogP contribution in [0.4, 0.5) is 0 Å². The Hall–Kier alpha value is -2.67. The molecule has 27 heavy (non-hydrogen) atoms. The first kappa shape index (κ1) is 19.1. The van der Waals surface area contributed by atoms with E-state index in [2.05, 4.69) is 36.7 Å². The molecule has 7 nitrogen and oxygen atoms in total. The Bertz CT molecular complexity index is 789. The van der Waals surface area contributed by atoms with Crippen LogP contribution in [0.2, 0.25) is 0 Å². The van der Waals surface area contributed by atoms with Crippen molar-refractivity contribution in [3.8, 4) is 5.88 Å². The van der Waals surface area contributed by atoms with Gasteiger partial charge in [-0.15, -0.1) is 0 Å². The Balaban J connectivity index is 1.32. The third-order valence-electron chi connectivity index (χ3n) is 4.69. The largest absolute Gasteiger partial charge is 0.478 e. The molecule has 0 amide bonds. The van der Waals surface area contributed by atoms with Gasteiger partial charge in [0.2, 0.25) is 5.88 Å². The van der Waals surface area contributed by atoms with Gasteiger partial charge in [0, 0.05) is 37.6 Å². The van der Waals surface area contributed by atoms with E-state index in [9.17, 15) is 0 Å². The highest BCUT2D eigenvalue weighted by Crippen LogP contribution is 2.14. The number of aromatic nitrogens is 3. The highest BCUT2D eigenvalue weighted by Gasteiger charge is 2.17. The van der Waals surface area contributed by atoms with Crippen molar-refractivity contribution in [2.75, 3.05) is 39.3 Å². The molecule has 0 unspecified atom stereocenters. The van der Waals surface area contributed by atoms with Gasteiger partial charge in [0.1, 0.15) is 5.82 Å². The zero-order valence-corrected chi connectivity index (χ0v) is 16.0. The molecule has 0 bridgehead atoms. The molecule has 2 aromatic rings. The monoisotopic (exact) mass is 368 g/mol. The van der Waals surface area contributed by atoms with Crippen LogP contribution in [0.3, 0.4) is 0 Å². The van der Waals surface area contributed by atoms with Gasteiger partial charge in [-0.25, -0.2) is 4.99 Å². The molecule has 7 heteroatoms. The third-order valence-corrected chi connectivity index (χ3v) is 4.69. The van der Waals surface area contributed by atoms with Crippen LogP contribution in [0.5, 0.6) is 5.88 Å². The number of hydrogen-bond acceptors (Lipinski definition) is 6. The zero-order chi connectivity index (χ0) is 18.9. The second-order valence-corrected chi connectivity index (χ2v) is 6.55. The number of hydrogen-bond donors (Lipinski definition) is 1. The van der Waals surface area contributed by atoms with Crippen molar-refractivity contribution in [1.29, 1.82) is 0 Å². The second kappa shape index (κ2) is 9.87. The average molecular weight is 368 g/mol. The van der Waals surface area contributed by atoms with Gasteiger partial charge in [-0.1, -0.05) is 12.2 Å². The molecule has 0 spiro atoms. The van der Waals surface area contributed by atoms with E-state index in [-0.39, 0.29) is 0 Å². The van der Waals surface area contributed by atoms with Crippen LogP contribution in [0.1, 0.15) is 19.8 Å². The summed E-state index contributed by atoms with van der Waals surface area (Å²) in [4.78, 5) is 13.3. The van der Waals surface area contributed by atoms with Gasteiger partial charge in [0.05, 0.1) is 12.8 Å². The van der Waals surface area contributed by atoms with Crippen LogP contribution in [0.15, 0.2) is 47.4 Å². The molecule has 0 radical (unpaired) electrons. The minimum atomic E-state index is 0.651. The Labute approximate surface area is 160 Å². The van der Waals surface area contributed by atoms with E-state index in [4.69, 9.17) is 4.74 Å². The van der Waals surface area contributed by atoms with Crippen molar-refractivity contribution < 1.29 is 4.74 Å². The molecule has 0 aromatic carbocycles. The van der Waals surface area contributed by atoms with Crippen LogP contribution < -0.4 is 4.74 Å². The summed E-state index contributed by atoms with van der Waals surface area (Å²) in [6.45, 7) is 11.6. The smallest absolute Gasteiger partial charge is 0.215 e. The number of aromatic amines is 1. The number of nitrogens with zero attached hydrogens (tertiary/aromatic N) is 5. The van der Waals surface area contributed by atoms with Crippen molar-refractivity contribution in [1.82, 2.24) is 25.0 Å². The summed E-state index contributed by atoms with van der Waals surface area (Å²) >= 11 is 0. The summed E-state index contributed by atoms with van der Waals surface area (Å²) in [5.41, 5.74) is 0.766. The third kappa shape index (κ3) is 5.40. The van der Waals surface area contributed by atoms with E-state index in [1.165, 1.54) is 0 Å². The summed E-state index contributed by atoms with van der Waals surface area (Å²) in [6.07, 6.45) is 9.93. The number of unbranched alkanes of at least 4 members (excludes halogenated alkanes) is 1. The van der Waals surface area contributed by atoms with Crippen molar-refractivity contribution >= 4 is 17.8 Å². The fourth-order valence-electron chi connectivity index (χ4n) is 3.14. The van der Waals surface area contributed by atoms with E-state index in [0.29, 0.717) is 12.5 Å². The van der Waals surface area contributed by atoms with Crippen LogP contribution in [0.25, 0.3) is 11.0 Å². The Morgan fingerprint density at radius 2 is 2.15 bits per heavy atom. The summed E-state index contributed by atoms with van der Waals surface area (Å²) in [5, 5.41) is 7.83. The molecule has 1 saturated heterocycles. The van der Waals surface area contributed by atoms with E-state index >= 15 is 0 Å². The van der Waals surface area contributed by atoms with Gasteiger partial charge in [-0.3, -0.25) is 10.00 Å². The first-order valence-electron chi connectivity index (χ1n) is 9.50. The number of allylic oxidation sites excluding steroid dienone is 3. The minimum Gasteiger partial charge on any atom is -0.478 e. The number of aliphatic imine (C=N–C) groups is 1. The van der Waals surface area contributed by atoms with Gasteiger partial charge >= 0.3 is 0 Å². The predicted octanol–water partition coefficient (Wildman–Crippen LogP) is 2.85. The predicted molar refractivity (Wildman–Crippen MR) is 109 cm³/mol. The lowest BCUT2D eigenvalue weighted by atomic mass is 10.2. The highest BCUT2D eigenvalue weighted by atomic mass is 16.5. The maximum atomic E-state index is 5.75. The number of rotatable bonds is 9. The second-order valence-electron chi connectivity index (χ2n) is 6.55. The molecular formula is C20H28N6O. The molecule has 1 fully saturated rings. The maximum Gasteiger partial charge on any atom is 0.215 e. The van der Waals surface area contributed by atoms with Gasteiger partial charge in [-0.2, -0.15) is 10.1 Å². The molecule has 0 saturated carbocycles. The fourth-order valence-corrected chi connectivity index (χ4v) is 3.14. The van der Waals surface area contributed by atoms with E-state index < -0.39 is 0 Å². The summed E-state index contributed by atoms with van der Waals surface area (Å²) < 4.78 is 5.75. The molecule has 3 rings (SSSR count). The van der Waals surface area contributed by atoms with Crippen LogP contribution in [-0.4, -0.2) is 71.0 Å². The fraction of sp³-hybridized carbons (Fsp3) is 0.450. The lowest BCUT2D eigenvalue weighted by molar-refractivity contribution is 0.153. The van der Waals surface area contributed by atoms with Crippen molar-refractivity contribution in [3.63, 3.8) is 0 Å². The van der Waals surface area contributed by atoms with E-state index in [1.54, 1.807) is 6.20 Å². The molecular weight excluding hydrogens is 340 g/mol. The van der Waals surface area contributed by atoms with Crippen molar-refractivity contribution in [2.45, 2.75) is 19.8 Å². The van der Waals surface area contributed by atoms with Crippen LogP contribution in [0, 0.1) is 0 Å². The molecule has 144 valence electrons. The molecule has 2 aromatic heterocycles. The molecule has 1 N–H and O–H groups in total. The lowest BCUT2D eigenvalue weighted by Gasteiger charge is -2.35. The van der Waals surface area contributed by atoms with Gasteiger partial charge in [0.25, 0.3) is 0 Å². The van der Waals surface area contributed by atoms with Crippen LogP contribution in [-0.2, 0) is 0 Å². The molecule has 0 aliphatic carbocycles. The average Bonchev–Trinajstić information content (AvgIpc) is 3.17. The number of ether oxygens (including phenoxy) is 1. The number of nitrogens with one attached hydrogen (secondary N) is 1. The summed E-state index contributed by atoms with van der Waals surface area (Å²) in [7, 11) is 0. The zero-order valence-electron chi connectivity index (χ0n) is 16.0. The number of piperazine rings is 1. The Morgan fingerprint density at radius 3 is 2.93 bits per heavy atom. The van der Waals surface area contributed by atoms with Gasteiger partial charge in [-0.05, 0) is 45.2 Å². The minimum absolute atomic E-state index is 0.651. The molecule has 3 heterocycles. The molecule has 1 aliphatic heterocycles. The summed E-state index contributed by atoms with van der Waals surface area (Å²) in [6, 6.07) is 3.86. The van der Waals surface area contributed by atoms with Gasteiger partial charge < -0.3 is 9.64 Å².